The van der Waals surface area contributed by atoms with E-state index >= 15 is 0 Å². The molecule has 152 valence electrons. The van der Waals surface area contributed by atoms with Gasteiger partial charge >= 0.3 is 0 Å². The fourth-order valence-corrected chi connectivity index (χ4v) is 6.40. The normalized spacial score (nSPS) is 16.2. The maximum atomic E-state index is 12.7. The van der Waals surface area contributed by atoms with Crippen LogP contribution in [0.3, 0.4) is 0 Å². The Morgan fingerprint density at radius 3 is 2.32 bits per heavy atom. The third-order valence-electron chi connectivity index (χ3n) is 4.94. The standard InChI is InChI=1S/C21H29N3OS3/c1-15(2)18-10-8-17(9-11-18)14-26-20-22-23-21(28-20)27-16(3)19(25)24-12-6-4-5-7-13-24/h8-11,15-16H,4-7,12-14H2,1-3H3. The van der Waals surface area contributed by atoms with Crippen LogP contribution in [-0.4, -0.2) is 39.3 Å². The molecule has 1 atom stereocenters. The fraction of sp³-hybridized carbons (Fsp3) is 0.571. The Labute approximate surface area is 180 Å². The third kappa shape index (κ3) is 6.22. The van der Waals surface area contributed by atoms with Crippen LogP contribution in [0.4, 0.5) is 0 Å². The average molecular weight is 436 g/mol. The number of aromatic nitrogens is 2. The van der Waals surface area contributed by atoms with Crippen LogP contribution in [0.25, 0.3) is 0 Å². The first-order valence-electron chi connectivity index (χ1n) is 10.0. The molecule has 1 fully saturated rings. The monoisotopic (exact) mass is 435 g/mol. The Balaban J connectivity index is 1.49. The van der Waals surface area contributed by atoms with E-state index in [4.69, 9.17) is 0 Å². The van der Waals surface area contributed by atoms with Gasteiger partial charge in [-0.2, -0.15) is 0 Å². The molecule has 1 unspecified atom stereocenters. The third-order valence-corrected chi connectivity index (χ3v) is 8.24. The van der Waals surface area contributed by atoms with Crippen molar-refractivity contribution >= 4 is 40.8 Å². The molecule has 1 aliphatic heterocycles. The molecule has 3 rings (SSSR count). The van der Waals surface area contributed by atoms with E-state index in [-0.39, 0.29) is 11.2 Å². The van der Waals surface area contributed by atoms with E-state index in [1.807, 2.05) is 11.8 Å². The molecule has 0 aliphatic carbocycles. The molecule has 0 spiro atoms. The Hall–Kier alpha value is -1.05. The molecular weight excluding hydrogens is 406 g/mol. The zero-order chi connectivity index (χ0) is 19.9. The molecule has 4 nitrogen and oxygen atoms in total. The van der Waals surface area contributed by atoms with Crippen LogP contribution in [0.1, 0.15) is 63.5 Å². The summed E-state index contributed by atoms with van der Waals surface area (Å²) in [6.45, 7) is 8.21. The molecule has 2 heterocycles. The minimum Gasteiger partial charge on any atom is -0.342 e. The number of amides is 1. The number of hydrogen-bond donors (Lipinski definition) is 0. The first kappa shape index (κ1) is 21.7. The van der Waals surface area contributed by atoms with Crippen LogP contribution in [0.2, 0.25) is 0 Å². The summed E-state index contributed by atoms with van der Waals surface area (Å²) in [6, 6.07) is 8.80. The number of rotatable bonds is 7. The maximum Gasteiger partial charge on any atom is 0.235 e. The van der Waals surface area contributed by atoms with E-state index < -0.39 is 0 Å². The predicted molar refractivity (Wildman–Crippen MR) is 120 cm³/mol. The minimum absolute atomic E-state index is 0.104. The van der Waals surface area contributed by atoms with Gasteiger partial charge in [-0.15, -0.1) is 10.2 Å². The highest BCUT2D eigenvalue weighted by atomic mass is 32.2. The zero-order valence-corrected chi connectivity index (χ0v) is 19.3. The molecule has 2 aromatic rings. The molecule has 28 heavy (non-hydrogen) atoms. The SMILES string of the molecule is CC(Sc1nnc(SCc2ccc(C(C)C)cc2)s1)C(=O)N1CCCCCC1. The lowest BCUT2D eigenvalue weighted by atomic mass is 10.0. The molecular formula is C21H29N3OS3. The van der Waals surface area contributed by atoms with Gasteiger partial charge in [-0.25, -0.2) is 0 Å². The Kier molecular flexibility index (Phi) is 8.23. The number of nitrogens with zero attached hydrogens (tertiary/aromatic N) is 3. The van der Waals surface area contributed by atoms with Gasteiger partial charge in [0, 0.05) is 18.8 Å². The average Bonchev–Trinajstić information content (AvgIpc) is 2.96. The van der Waals surface area contributed by atoms with Crippen molar-refractivity contribution in [3.05, 3.63) is 35.4 Å². The molecule has 1 aliphatic rings. The first-order valence-corrected chi connectivity index (χ1v) is 12.7. The second-order valence-electron chi connectivity index (χ2n) is 7.52. The lowest BCUT2D eigenvalue weighted by molar-refractivity contribution is -0.130. The predicted octanol–water partition coefficient (Wildman–Crippen LogP) is 5.84. The summed E-state index contributed by atoms with van der Waals surface area (Å²) in [7, 11) is 0. The smallest absolute Gasteiger partial charge is 0.235 e. The quantitative estimate of drug-likeness (QED) is 0.512. The fourth-order valence-electron chi connectivity index (χ4n) is 3.20. The topological polar surface area (TPSA) is 46.1 Å². The van der Waals surface area contributed by atoms with Crippen molar-refractivity contribution < 1.29 is 4.79 Å². The van der Waals surface area contributed by atoms with Crippen molar-refractivity contribution in [2.75, 3.05) is 13.1 Å². The van der Waals surface area contributed by atoms with Gasteiger partial charge in [0.15, 0.2) is 8.68 Å². The summed E-state index contributed by atoms with van der Waals surface area (Å²) in [6.07, 6.45) is 4.73. The molecule has 7 heteroatoms. The number of likely N-dealkylation sites (tertiary alicyclic amines) is 1. The van der Waals surface area contributed by atoms with E-state index in [2.05, 4.69) is 48.3 Å². The summed E-state index contributed by atoms with van der Waals surface area (Å²) in [5.41, 5.74) is 2.66. The van der Waals surface area contributed by atoms with Gasteiger partial charge in [-0.05, 0) is 36.8 Å². The molecule has 1 aromatic heterocycles. The van der Waals surface area contributed by atoms with Gasteiger partial charge in [-0.3, -0.25) is 4.79 Å². The second-order valence-corrected chi connectivity index (χ2v) is 11.3. The van der Waals surface area contributed by atoms with Crippen molar-refractivity contribution in [1.29, 1.82) is 0 Å². The summed E-state index contributed by atoms with van der Waals surface area (Å²) in [4.78, 5) is 14.7. The van der Waals surface area contributed by atoms with Crippen LogP contribution in [0, 0.1) is 0 Å². The Morgan fingerprint density at radius 1 is 1.04 bits per heavy atom. The molecule has 0 saturated carbocycles. The molecule has 1 aromatic carbocycles. The van der Waals surface area contributed by atoms with E-state index in [0.717, 1.165) is 40.4 Å². The van der Waals surface area contributed by atoms with Gasteiger partial charge in [0.25, 0.3) is 0 Å². The van der Waals surface area contributed by atoms with E-state index in [0.29, 0.717) is 5.92 Å². The van der Waals surface area contributed by atoms with Crippen LogP contribution < -0.4 is 0 Å². The molecule has 1 saturated heterocycles. The maximum absolute atomic E-state index is 12.7. The largest absolute Gasteiger partial charge is 0.342 e. The molecule has 0 bridgehead atoms. The highest BCUT2D eigenvalue weighted by Crippen LogP contribution is 2.33. The summed E-state index contributed by atoms with van der Waals surface area (Å²) in [5, 5.41) is 8.49. The van der Waals surface area contributed by atoms with Crippen molar-refractivity contribution in [3.63, 3.8) is 0 Å². The van der Waals surface area contributed by atoms with E-state index in [9.17, 15) is 4.79 Å². The number of carbonyl (C=O) groups is 1. The zero-order valence-electron chi connectivity index (χ0n) is 16.9. The Bertz CT molecular complexity index is 753. The minimum atomic E-state index is -0.104. The van der Waals surface area contributed by atoms with Gasteiger partial charge in [0.2, 0.25) is 5.91 Å². The van der Waals surface area contributed by atoms with E-state index in [1.165, 1.54) is 24.0 Å². The highest BCUT2D eigenvalue weighted by molar-refractivity contribution is 8.03. The number of carbonyl (C=O) groups excluding carboxylic acids is 1. The van der Waals surface area contributed by atoms with Crippen LogP contribution in [-0.2, 0) is 10.5 Å². The van der Waals surface area contributed by atoms with Crippen molar-refractivity contribution in [2.24, 2.45) is 0 Å². The molecule has 1 amide bonds. The second kappa shape index (κ2) is 10.6. The van der Waals surface area contributed by atoms with Crippen molar-refractivity contribution in [2.45, 2.75) is 72.1 Å². The van der Waals surface area contributed by atoms with Crippen molar-refractivity contribution in [3.8, 4) is 0 Å². The summed E-state index contributed by atoms with van der Waals surface area (Å²) in [5.74, 6) is 1.69. The Morgan fingerprint density at radius 2 is 1.68 bits per heavy atom. The lowest BCUT2D eigenvalue weighted by Crippen LogP contribution is -2.37. The van der Waals surface area contributed by atoms with Crippen molar-refractivity contribution in [1.82, 2.24) is 15.1 Å². The van der Waals surface area contributed by atoms with Gasteiger partial charge in [-0.1, -0.05) is 85.8 Å². The van der Waals surface area contributed by atoms with Gasteiger partial charge < -0.3 is 4.90 Å². The summed E-state index contributed by atoms with van der Waals surface area (Å²) >= 11 is 4.84. The number of thioether (sulfide) groups is 2. The molecule has 0 N–H and O–H groups in total. The van der Waals surface area contributed by atoms with Gasteiger partial charge in [0.05, 0.1) is 5.25 Å². The number of benzene rings is 1. The van der Waals surface area contributed by atoms with Crippen LogP contribution in [0.5, 0.6) is 0 Å². The van der Waals surface area contributed by atoms with Gasteiger partial charge in [0.1, 0.15) is 0 Å². The van der Waals surface area contributed by atoms with Crippen LogP contribution >= 0.6 is 34.9 Å². The summed E-state index contributed by atoms with van der Waals surface area (Å²) < 4.78 is 1.85. The first-order chi connectivity index (χ1) is 13.5. The van der Waals surface area contributed by atoms with Crippen LogP contribution in [0.15, 0.2) is 32.9 Å². The van der Waals surface area contributed by atoms with E-state index in [1.54, 1.807) is 34.9 Å². The lowest BCUT2D eigenvalue weighted by Gasteiger charge is -2.23. The number of hydrogen-bond acceptors (Lipinski definition) is 6. The molecule has 0 radical (unpaired) electrons. The highest BCUT2D eigenvalue weighted by Gasteiger charge is 2.23.